The van der Waals surface area contributed by atoms with Gasteiger partial charge in [-0.25, -0.2) is 9.97 Å². The monoisotopic (exact) mass is 241 g/mol. The van der Waals surface area contributed by atoms with E-state index in [1.807, 2.05) is 24.4 Å². The molecular weight excluding hydrogens is 222 g/mol. The Labute approximate surface area is 108 Å². The number of nitrogens with two attached hydrogens (primary N) is 1. The first-order valence-corrected chi connectivity index (χ1v) is 6.14. The van der Waals surface area contributed by atoms with Crippen LogP contribution in [0.15, 0.2) is 36.5 Å². The van der Waals surface area contributed by atoms with Gasteiger partial charge < -0.3 is 5.73 Å². The molecule has 1 heterocycles. The van der Waals surface area contributed by atoms with Crippen molar-refractivity contribution < 1.29 is 0 Å². The summed E-state index contributed by atoms with van der Waals surface area (Å²) < 4.78 is 0. The Bertz CT molecular complexity index is 547. The molecule has 3 heteroatoms. The van der Waals surface area contributed by atoms with E-state index in [1.54, 1.807) is 0 Å². The molecule has 0 atom stereocenters. The lowest BCUT2D eigenvalue weighted by Crippen LogP contribution is -2.30. The van der Waals surface area contributed by atoms with E-state index in [4.69, 9.17) is 5.73 Å². The molecule has 0 saturated heterocycles. The van der Waals surface area contributed by atoms with E-state index >= 15 is 0 Å². The van der Waals surface area contributed by atoms with Crippen LogP contribution in [0.5, 0.6) is 0 Å². The van der Waals surface area contributed by atoms with Crippen LogP contribution in [0.3, 0.4) is 0 Å². The molecule has 0 saturated carbocycles. The fourth-order valence-electron chi connectivity index (χ4n) is 1.79. The van der Waals surface area contributed by atoms with Crippen molar-refractivity contribution in [2.45, 2.75) is 26.2 Å². The molecule has 0 spiro atoms. The van der Waals surface area contributed by atoms with Gasteiger partial charge in [0.1, 0.15) is 5.82 Å². The van der Waals surface area contributed by atoms with E-state index in [9.17, 15) is 0 Å². The average Bonchev–Trinajstić information content (AvgIpc) is 2.39. The predicted octanol–water partition coefficient (Wildman–Crippen LogP) is 2.69. The van der Waals surface area contributed by atoms with E-state index in [0.29, 0.717) is 6.54 Å². The van der Waals surface area contributed by atoms with E-state index in [1.165, 1.54) is 5.56 Å². The molecule has 2 aromatic rings. The van der Waals surface area contributed by atoms with Crippen LogP contribution in [0, 0.1) is 6.92 Å². The number of rotatable bonds is 3. The molecule has 1 aromatic carbocycles. The lowest BCUT2D eigenvalue weighted by atomic mass is 9.92. The average molecular weight is 241 g/mol. The number of aryl methyl sites for hydroxylation is 1. The summed E-state index contributed by atoms with van der Waals surface area (Å²) in [5.41, 5.74) is 8.90. The third kappa shape index (κ3) is 2.41. The first-order valence-electron chi connectivity index (χ1n) is 6.14. The molecule has 0 aliphatic rings. The van der Waals surface area contributed by atoms with Crippen molar-refractivity contribution in [1.29, 1.82) is 0 Å². The molecule has 2 rings (SSSR count). The smallest absolute Gasteiger partial charge is 0.135 e. The molecule has 0 radical (unpaired) electrons. The van der Waals surface area contributed by atoms with Gasteiger partial charge in [0.2, 0.25) is 0 Å². The summed E-state index contributed by atoms with van der Waals surface area (Å²) >= 11 is 0. The molecule has 94 valence electrons. The zero-order chi connectivity index (χ0) is 13.2. The molecule has 0 bridgehead atoms. The minimum Gasteiger partial charge on any atom is -0.329 e. The normalized spacial score (nSPS) is 11.6. The van der Waals surface area contributed by atoms with Crippen LogP contribution in [0.1, 0.15) is 25.2 Å². The molecule has 0 aliphatic heterocycles. The van der Waals surface area contributed by atoms with Crippen molar-refractivity contribution in [3.8, 4) is 11.3 Å². The summed E-state index contributed by atoms with van der Waals surface area (Å²) in [5.74, 6) is 0.797. The second kappa shape index (κ2) is 4.86. The number of aromatic nitrogens is 2. The van der Waals surface area contributed by atoms with Gasteiger partial charge in [0.05, 0.1) is 5.69 Å². The van der Waals surface area contributed by atoms with Gasteiger partial charge in [0.25, 0.3) is 0 Å². The Morgan fingerprint density at radius 3 is 2.56 bits per heavy atom. The zero-order valence-electron chi connectivity index (χ0n) is 11.1. The number of nitrogens with zero attached hydrogens (tertiary/aromatic N) is 2. The quantitative estimate of drug-likeness (QED) is 0.898. The summed E-state index contributed by atoms with van der Waals surface area (Å²) in [5, 5.41) is 0. The maximum atomic E-state index is 5.78. The van der Waals surface area contributed by atoms with E-state index in [2.05, 4.69) is 42.9 Å². The Kier molecular flexibility index (Phi) is 3.43. The van der Waals surface area contributed by atoms with Crippen molar-refractivity contribution in [3.05, 3.63) is 47.9 Å². The topological polar surface area (TPSA) is 51.8 Å². The third-order valence-electron chi connectivity index (χ3n) is 3.19. The highest BCUT2D eigenvalue weighted by Gasteiger charge is 2.22. The number of hydrogen-bond donors (Lipinski definition) is 1. The largest absolute Gasteiger partial charge is 0.329 e. The van der Waals surface area contributed by atoms with Gasteiger partial charge in [-0.1, -0.05) is 38.1 Å². The summed E-state index contributed by atoms with van der Waals surface area (Å²) in [6.45, 7) is 6.74. The minimum absolute atomic E-state index is 0.196. The number of benzene rings is 1. The Morgan fingerprint density at radius 2 is 1.89 bits per heavy atom. The van der Waals surface area contributed by atoms with Crippen LogP contribution >= 0.6 is 0 Å². The van der Waals surface area contributed by atoms with Crippen molar-refractivity contribution in [2.24, 2.45) is 5.73 Å². The van der Waals surface area contributed by atoms with E-state index in [0.717, 1.165) is 17.1 Å². The standard InChI is InChI=1S/C15H19N3/c1-11-6-4-5-7-12(11)13-8-9-17-14(18-13)15(2,3)10-16/h4-9H,10,16H2,1-3H3. The first-order chi connectivity index (χ1) is 8.54. The van der Waals surface area contributed by atoms with Gasteiger partial charge in [-0.3, -0.25) is 0 Å². The van der Waals surface area contributed by atoms with Gasteiger partial charge in [-0.2, -0.15) is 0 Å². The molecule has 0 aliphatic carbocycles. The van der Waals surface area contributed by atoms with Crippen LogP contribution in [-0.4, -0.2) is 16.5 Å². The second-order valence-electron chi connectivity index (χ2n) is 5.17. The molecule has 2 N–H and O–H groups in total. The zero-order valence-corrected chi connectivity index (χ0v) is 11.1. The van der Waals surface area contributed by atoms with Crippen LogP contribution in [0.4, 0.5) is 0 Å². The highest BCUT2D eigenvalue weighted by atomic mass is 14.9. The van der Waals surface area contributed by atoms with Gasteiger partial charge in [-0.15, -0.1) is 0 Å². The van der Waals surface area contributed by atoms with Crippen molar-refractivity contribution in [1.82, 2.24) is 9.97 Å². The first kappa shape index (κ1) is 12.7. The van der Waals surface area contributed by atoms with E-state index in [-0.39, 0.29) is 5.41 Å². The van der Waals surface area contributed by atoms with Crippen LogP contribution in [0.25, 0.3) is 11.3 Å². The Hall–Kier alpha value is -1.74. The molecule has 0 unspecified atom stereocenters. The van der Waals surface area contributed by atoms with Crippen LogP contribution in [0.2, 0.25) is 0 Å². The fourth-order valence-corrected chi connectivity index (χ4v) is 1.79. The van der Waals surface area contributed by atoms with Crippen LogP contribution < -0.4 is 5.73 Å². The second-order valence-corrected chi connectivity index (χ2v) is 5.17. The van der Waals surface area contributed by atoms with Crippen molar-refractivity contribution in [3.63, 3.8) is 0 Å². The lowest BCUT2D eigenvalue weighted by Gasteiger charge is -2.20. The molecule has 0 fully saturated rings. The van der Waals surface area contributed by atoms with Crippen molar-refractivity contribution in [2.75, 3.05) is 6.54 Å². The Balaban J connectivity index is 2.49. The SMILES string of the molecule is Cc1ccccc1-c1ccnc(C(C)(C)CN)n1. The molecule has 0 amide bonds. The summed E-state index contributed by atoms with van der Waals surface area (Å²) in [7, 11) is 0. The summed E-state index contributed by atoms with van der Waals surface area (Å²) in [6.07, 6.45) is 1.81. The number of hydrogen-bond acceptors (Lipinski definition) is 3. The lowest BCUT2D eigenvalue weighted by molar-refractivity contribution is 0.503. The van der Waals surface area contributed by atoms with Crippen molar-refractivity contribution >= 4 is 0 Å². The fraction of sp³-hybridized carbons (Fsp3) is 0.333. The molecule has 3 nitrogen and oxygen atoms in total. The van der Waals surface area contributed by atoms with Crippen LogP contribution in [-0.2, 0) is 5.41 Å². The molecular formula is C15H19N3. The molecule has 18 heavy (non-hydrogen) atoms. The Morgan fingerprint density at radius 1 is 1.17 bits per heavy atom. The minimum atomic E-state index is -0.196. The maximum Gasteiger partial charge on any atom is 0.135 e. The predicted molar refractivity (Wildman–Crippen MR) is 74.3 cm³/mol. The summed E-state index contributed by atoms with van der Waals surface area (Å²) in [6, 6.07) is 10.2. The third-order valence-corrected chi connectivity index (χ3v) is 3.19. The van der Waals surface area contributed by atoms with Gasteiger partial charge in [-0.05, 0) is 18.6 Å². The van der Waals surface area contributed by atoms with Gasteiger partial charge in [0, 0.05) is 23.7 Å². The highest BCUT2D eigenvalue weighted by molar-refractivity contribution is 5.62. The maximum absolute atomic E-state index is 5.78. The summed E-state index contributed by atoms with van der Waals surface area (Å²) in [4.78, 5) is 9.00. The highest BCUT2D eigenvalue weighted by Crippen LogP contribution is 2.24. The van der Waals surface area contributed by atoms with Gasteiger partial charge in [0.15, 0.2) is 0 Å². The van der Waals surface area contributed by atoms with E-state index < -0.39 is 0 Å². The molecule has 1 aromatic heterocycles. The van der Waals surface area contributed by atoms with Gasteiger partial charge >= 0.3 is 0 Å².